The summed E-state index contributed by atoms with van der Waals surface area (Å²) in [7, 11) is -3.49. The van der Waals surface area contributed by atoms with Crippen LogP contribution in [-0.2, 0) is 21.4 Å². The summed E-state index contributed by atoms with van der Waals surface area (Å²) in [6, 6.07) is 13.0. The van der Waals surface area contributed by atoms with Crippen molar-refractivity contribution in [3.05, 3.63) is 65.5 Å². The van der Waals surface area contributed by atoms with Gasteiger partial charge in [-0.05, 0) is 36.2 Å². The first-order chi connectivity index (χ1) is 11.8. The van der Waals surface area contributed by atoms with Crippen LogP contribution >= 0.6 is 0 Å². The smallest absolute Gasteiger partial charge is 0.225 e. The van der Waals surface area contributed by atoms with Gasteiger partial charge < -0.3 is 5.32 Å². The molecule has 2 aromatic carbocycles. The molecule has 5 nitrogen and oxygen atoms in total. The van der Waals surface area contributed by atoms with E-state index in [0.29, 0.717) is 11.3 Å². The van der Waals surface area contributed by atoms with Crippen LogP contribution in [0.15, 0.2) is 48.5 Å². The molecule has 0 aliphatic carbocycles. The molecule has 1 N–H and O–H groups in total. The summed E-state index contributed by atoms with van der Waals surface area (Å²) in [6.07, 6.45) is 1.12. The van der Waals surface area contributed by atoms with E-state index < -0.39 is 10.0 Å². The van der Waals surface area contributed by atoms with Gasteiger partial charge in [-0.1, -0.05) is 30.3 Å². The second-order valence-electron chi connectivity index (χ2n) is 5.84. The van der Waals surface area contributed by atoms with Crippen LogP contribution in [-0.4, -0.2) is 31.4 Å². The number of hydrogen-bond acceptors (Lipinski definition) is 3. The van der Waals surface area contributed by atoms with E-state index in [9.17, 15) is 17.6 Å². The molecule has 1 amide bonds. The molecule has 0 unspecified atom stereocenters. The van der Waals surface area contributed by atoms with E-state index in [-0.39, 0.29) is 31.2 Å². The van der Waals surface area contributed by atoms with Crippen LogP contribution in [0.1, 0.15) is 17.5 Å². The van der Waals surface area contributed by atoms with Gasteiger partial charge in [0.2, 0.25) is 15.9 Å². The Morgan fingerprint density at radius 3 is 2.36 bits per heavy atom. The first-order valence-corrected chi connectivity index (χ1v) is 9.65. The van der Waals surface area contributed by atoms with Gasteiger partial charge in [-0.25, -0.2) is 12.8 Å². The molecule has 0 saturated heterocycles. The number of anilines is 1. The number of carbonyl (C=O) groups is 1. The molecule has 0 bridgehead atoms. The lowest BCUT2D eigenvalue weighted by Gasteiger charge is -2.20. The molecule has 0 heterocycles. The van der Waals surface area contributed by atoms with Gasteiger partial charge in [-0.15, -0.1) is 0 Å². The van der Waals surface area contributed by atoms with Gasteiger partial charge in [-0.3, -0.25) is 4.79 Å². The van der Waals surface area contributed by atoms with Gasteiger partial charge in [0.15, 0.2) is 0 Å². The van der Waals surface area contributed by atoms with Crippen molar-refractivity contribution in [2.75, 3.05) is 18.1 Å². The van der Waals surface area contributed by atoms with Crippen LogP contribution < -0.4 is 5.32 Å². The van der Waals surface area contributed by atoms with Crippen molar-refractivity contribution in [2.24, 2.45) is 0 Å². The molecule has 0 radical (unpaired) electrons. The average Bonchev–Trinajstić information content (AvgIpc) is 2.54. The molecule has 2 aromatic rings. The number of benzene rings is 2. The maximum atomic E-state index is 13.0. The zero-order valence-corrected chi connectivity index (χ0v) is 15.0. The Kier molecular flexibility index (Phi) is 6.27. The highest BCUT2D eigenvalue weighted by Gasteiger charge is 2.18. The molecule has 0 aliphatic rings. The number of aryl methyl sites for hydroxylation is 1. The summed E-state index contributed by atoms with van der Waals surface area (Å²) in [5.41, 5.74) is 2.30. The lowest BCUT2D eigenvalue weighted by molar-refractivity contribution is -0.116. The highest BCUT2D eigenvalue weighted by atomic mass is 32.2. The quantitative estimate of drug-likeness (QED) is 0.821. The summed E-state index contributed by atoms with van der Waals surface area (Å²) >= 11 is 0. The van der Waals surface area contributed by atoms with Gasteiger partial charge >= 0.3 is 0 Å². The predicted molar refractivity (Wildman–Crippen MR) is 96.1 cm³/mol. The highest BCUT2D eigenvalue weighted by Crippen LogP contribution is 2.14. The van der Waals surface area contributed by atoms with Crippen molar-refractivity contribution < 1.29 is 17.6 Å². The van der Waals surface area contributed by atoms with Crippen molar-refractivity contribution in [1.29, 1.82) is 0 Å². The third-order valence-corrected chi connectivity index (χ3v) is 5.00. The van der Waals surface area contributed by atoms with Crippen molar-refractivity contribution in [2.45, 2.75) is 19.9 Å². The van der Waals surface area contributed by atoms with Crippen LogP contribution in [0.2, 0.25) is 0 Å². The van der Waals surface area contributed by atoms with E-state index in [0.717, 1.165) is 11.8 Å². The number of carbonyl (C=O) groups excluding carboxylic acids is 1. The van der Waals surface area contributed by atoms with Gasteiger partial charge in [0.25, 0.3) is 0 Å². The van der Waals surface area contributed by atoms with E-state index in [2.05, 4.69) is 5.32 Å². The minimum atomic E-state index is -3.49. The molecule has 0 spiro atoms. The normalized spacial score (nSPS) is 11.5. The predicted octanol–water partition coefficient (Wildman–Crippen LogP) is 2.92. The van der Waals surface area contributed by atoms with Gasteiger partial charge in [0.1, 0.15) is 5.82 Å². The maximum absolute atomic E-state index is 13.0. The van der Waals surface area contributed by atoms with Crippen LogP contribution in [0.3, 0.4) is 0 Å². The minimum absolute atomic E-state index is 0.0304. The molecule has 0 saturated carbocycles. The monoisotopic (exact) mass is 364 g/mol. The van der Waals surface area contributed by atoms with Gasteiger partial charge in [0.05, 0.1) is 6.26 Å². The summed E-state index contributed by atoms with van der Waals surface area (Å²) in [4.78, 5) is 12.1. The third kappa shape index (κ3) is 5.95. The van der Waals surface area contributed by atoms with Gasteiger partial charge in [0, 0.05) is 25.2 Å². The molecular weight excluding hydrogens is 343 g/mol. The average molecular weight is 364 g/mol. The standard InChI is InChI=1S/C18H21FN2O3S/c1-14-5-3-4-6-17(14)20-18(22)11-12-21(25(2,23)24)13-15-7-9-16(19)10-8-15/h3-10H,11-13H2,1-2H3,(H,20,22). The number of nitrogens with one attached hydrogen (secondary N) is 1. The second-order valence-corrected chi connectivity index (χ2v) is 7.82. The first kappa shape index (κ1) is 19.1. The molecule has 134 valence electrons. The van der Waals surface area contributed by atoms with E-state index in [4.69, 9.17) is 0 Å². The van der Waals surface area contributed by atoms with Gasteiger partial charge in [-0.2, -0.15) is 4.31 Å². The molecular formula is C18H21FN2O3S. The lowest BCUT2D eigenvalue weighted by atomic mass is 10.2. The third-order valence-electron chi connectivity index (χ3n) is 3.75. The summed E-state index contributed by atoms with van der Waals surface area (Å²) in [5, 5.41) is 2.78. The number of nitrogens with zero attached hydrogens (tertiary/aromatic N) is 1. The topological polar surface area (TPSA) is 66.5 Å². The van der Waals surface area contributed by atoms with Crippen LogP contribution in [0.5, 0.6) is 0 Å². The molecule has 0 fully saturated rings. The lowest BCUT2D eigenvalue weighted by Crippen LogP contribution is -2.32. The van der Waals surface area contributed by atoms with Crippen molar-refractivity contribution in [3.63, 3.8) is 0 Å². The van der Waals surface area contributed by atoms with Crippen LogP contribution in [0.4, 0.5) is 10.1 Å². The van der Waals surface area contributed by atoms with E-state index >= 15 is 0 Å². The Hall–Kier alpha value is -2.25. The Balaban J connectivity index is 1.99. The molecule has 2 rings (SSSR count). The number of amides is 1. The van der Waals surface area contributed by atoms with Crippen molar-refractivity contribution in [3.8, 4) is 0 Å². The maximum Gasteiger partial charge on any atom is 0.225 e. The zero-order chi connectivity index (χ0) is 18.4. The highest BCUT2D eigenvalue weighted by molar-refractivity contribution is 7.88. The number of para-hydroxylation sites is 1. The number of hydrogen-bond donors (Lipinski definition) is 1. The SMILES string of the molecule is Cc1ccccc1NC(=O)CCN(Cc1ccc(F)cc1)S(C)(=O)=O. The minimum Gasteiger partial charge on any atom is -0.326 e. The molecule has 0 aliphatic heterocycles. The number of halogens is 1. The molecule has 0 aromatic heterocycles. The fourth-order valence-corrected chi connectivity index (χ4v) is 3.11. The van der Waals surface area contributed by atoms with Crippen LogP contribution in [0, 0.1) is 12.7 Å². The number of rotatable bonds is 7. The second kappa shape index (κ2) is 8.22. The summed E-state index contributed by atoms with van der Waals surface area (Å²) in [6.45, 7) is 2.03. The van der Waals surface area contributed by atoms with E-state index in [1.54, 1.807) is 6.07 Å². The Morgan fingerprint density at radius 2 is 1.76 bits per heavy atom. The Labute approximate surface area is 147 Å². The molecule has 0 atom stereocenters. The fraction of sp³-hybridized carbons (Fsp3) is 0.278. The van der Waals surface area contributed by atoms with Crippen LogP contribution in [0.25, 0.3) is 0 Å². The fourth-order valence-electron chi connectivity index (χ4n) is 2.31. The van der Waals surface area contributed by atoms with Crippen molar-refractivity contribution >= 4 is 21.6 Å². The number of sulfonamides is 1. The van der Waals surface area contributed by atoms with Crippen molar-refractivity contribution in [1.82, 2.24) is 4.31 Å². The Bertz CT molecular complexity index is 836. The summed E-state index contributed by atoms with van der Waals surface area (Å²) < 4.78 is 38.1. The summed E-state index contributed by atoms with van der Waals surface area (Å²) in [5.74, 6) is -0.644. The first-order valence-electron chi connectivity index (χ1n) is 7.81. The Morgan fingerprint density at radius 1 is 1.12 bits per heavy atom. The zero-order valence-electron chi connectivity index (χ0n) is 14.2. The molecule has 7 heteroatoms. The largest absolute Gasteiger partial charge is 0.326 e. The van der Waals surface area contributed by atoms with E-state index in [1.807, 2.05) is 25.1 Å². The molecule has 25 heavy (non-hydrogen) atoms. The van der Waals surface area contributed by atoms with E-state index in [1.165, 1.54) is 28.6 Å².